The number of anilines is 1. The van der Waals surface area contributed by atoms with Crippen LogP contribution in [0.4, 0.5) is 5.82 Å². The molecule has 2 heterocycles. The van der Waals surface area contributed by atoms with E-state index in [4.69, 9.17) is 5.26 Å². The van der Waals surface area contributed by atoms with Crippen molar-refractivity contribution in [2.24, 2.45) is 0 Å². The summed E-state index contributed by atoms with van der Waals surface area (Å²) >= 11 is 0. The van der Waals surface area contributed by atoms with Gasteiger partial charge >= 0.3 is 0 Å². The third-order valence-electron chi connectivity index (χ3n) is 2.82. The molecule has 7 heteroatoms. The lowest BCUT2D eigenvalue weighted by Crippen LogP contribution is -2.23. The van der Waals surface area contributed by atoms with E-state index >= 15 is 0 Å². The fourth-order valence-corrected chi connectivity index (χ4v) is 2.92. The van der Waals surface area contributed by atoms with Gasteiger partial charge in [0, 0.05) is 5.41 Å². The maximum atomic E-state index is 11.3. The molecular weight excluding hydrogens is 252 g/mol. The number of rotatable bonds is 2. The van der Waals surface area contributed by atoms with Crippen LogP contribution in [0.25, 0.3) is 0 Å². The lowest BCUT2D eigenvalue weighted by molar-refractivity contribution is 0.605. The normalized spacial score (nSPS) is 20.6. The van der Waals surface area contributed by atoms with Gasteiger partial charge in [0.1, 0.15) is 11.6 Å². The number of aryl methyl sites for hydroxylation is 1. The SMILES string of the molecule is Cc1nnc(NC2C=CS(=O)(=O)C2)c(C#N)c1C. The molecule has 0 bridgehead atoms. The van der Waals surface area contributed by atoms with E-state index in [2.05, 4.69) is 21.6 Å². The number of nitrogens with one attached hydrogen (secondary N) is 1. The van der Waals surface area contributed by atoms with Crippen LogP contribution < -0.4 is 5.32 Å². The summed E-state index contributed by atoms with van der Waals surface area (Å²) in [4.78, 5) is 0. The molecule has 0 aliphatic carbocycles. The summed E-state index contributed by atoms with van der Waals surface area (Å²) in [6, 6.07) is 1.70. The Bertz CT molecular complexity index is 658. The Balaban J connectivity index is 2.29. The molecule has 0 fully saturated rings. The zero-order chi connectivity index (χ0) is 13.3. The molecule has 0 saturated heterocycles. The van der Waals surface area contributed by atoms with Gasteiger partial charge in [-0.25, -0.2) is 8.42 Å². The molecule has 2 rings (SSSR count). The van der Waals surface area contributed by atoms with Gasteiger partial charge in [-0.05, 0) is 25.5 Å². The molecule has 0 amide bonds. The molecule has 1 N–H and O–H groups in total. The molecule has 1 aromatic heterocycles. The highest BCUT2D eigenvalue weighted by atomic mass is 32.2. The van der Waals surface area contributed by atoms with Crippen LogP contribution in [0, 0.1) is 25.2 Å². The van der Waals surface area contributed by atoms with Crippen molar-refractivity contribution in [3.63, 3.8) is 0 Å². The van der Waals surface area contributed by atoms with Crippen LogP contribution >= 0.6 is 0 Å². The molecule has 1 aliphatic rings. The second kappa shape index (κ2) is 4.38. The van der Waals surface area contributed by atoms with Crippen molar-refractivity contribution in [1.82, 2.24) is 10.2 Å². The average Bonchev–Trinajstić information content (AvgIpc) is 2.64. The minimum Gasteiger partial charge on any atom is -0.360 e. The topological polar surface area (TPSA) is 95.7 Å². The summed E-state index contributed by atoms with van der Waals surface area (Å²) in [7, 11) is -3.13. The van der Waals surface area contributed by atoms with Crippen LogP contribution in [0.3, 0.4) is 0 Å². The van der Waals surface area contributed by atoms with E-state index in [1.807, 2.05) is 0 Å². The van der Waals surface area contributed by atoms with E-state index < -0.39 is 9.84 Å². The van der Waals surface area contributed by atoms with Crippen LogP contribution in [0.15, 0.2) is 11.5 Å². The molecule has 1 atom stereocenters. The predicted molar refractivity (Wildman–Crippen MR) is 66.6 cm³/mol. The fourth-order valence-electron chi connectivity index (χ4n) is 1.69. The second-order valence-electron chi connectivity index (χ2n) is 4.15. The summed E-state index contributed by atoms with van der Waals surface area (Å²) in [5, 5.41) is 21.0. The monoisotopic (exact) mass is 264 g/mol. The first-order valence-corrected chi connectivity index (χ1v) is 7.06. The van der Waals surface area contributed by atoms with Crippen molar-refractivity contribution in [3.8, 4) is 6.07 Å². The molecule has 0 aromatic carbocycles. The van der Waals surface area contributed by atoms with Crippen molar-refractivity contribution >= 4 is 15.7 Å². The number of aromatic nitrogens is 2. The van der Waals surface area contributed by atoms with Crippen LogP contribution in [0.1, 0.15) is 16.8 Å². The van der Waals surface area contributed by atoms with Gasteiger partial charge in [0.2, 0.25) is 0 Å². The summed E-state index contributed by atoms with van der Waals surface area (Å²) in [6.45, 7) is 3.56. The third kappa shape index (κ3) is 2.33. The van der Waals surface area contributed by atoms with Crippen molar-refractivity contribution < 1.29 is 8.42 Å². The molecule has 0 saturated carbocycles. The van der Waals surface area contributed by atoms with Crippen molar-refractivity contribution in [2.75, 3.05) is 11.1 Å². The first-order chi connectivity index (χ1) is 8.43. The Morgan fingerprint density at radius 1 is 1.44 bits per heavy atom. The predicted octanol–water partition coefficient (Wildman–Crippen LogP) is 0.688. The van der Waals surface area contributed by atoms with Crippen molar-refractivity contribution in [3.05, 3.63) is 28.3 Å². The van der Waals surface area contributed by atoms with Crippen LogP contribution in [-0.2, 0) is 9.84 Å². The van der Waals surface area contributed by atoms with E-state index in [0.717, 1.165) is 5.56 Å². The van der Waals surface area contributed by atoms with Crippen LogP contribution in [0.2, 0.25) is 0 Å². The number of sulfone groups is 1. The lowest BCUT2D eigenvalue weighted by Gasteiger charge is -2.13. The lowest BCUT2D eigenvalue weighted by atomic mass is 10.1. The second-order valence-corrected chi connectivity index (χ2v) is 6.09. The minimum atomic E-state index is -3.13. The molecular formula is C11H12N4O2S. The van der Waals surface area contributed by atoms with Crippen molar-refractivity contribution in [1.29, 1.82) is 5.26 Å². The number of hydrogen-bond donors (Lipinski definition) is 1. The van der Waals surface area contributed by atoms with Crippen molar-refractivity contribution in [2.45, 2.75) is 19.9 Å². The largest absolute Gasteiger partial charge is 0.360 e. The van der Waals surface area contributed by atoms with Gasteiger partial charge in [-0.2, -0.15) is 10.4 Å². The van der Waals surface area contributed by atoms with Gasteiger partial charge in [0.15, 0.2) is 15.7 Å². The zero-order valence-electron chi connectivity index (χ0n) is 10.0. The molecule has 6 nitrogen and oxygen atoms in total. The Labute approximate surface area is 105 Å². The Kier molecular flexibility index (Phi) is 3.05. The Morgan fingerprint density at radius 3 is 2.72 bits per heavy atom. The molecule has 1 aliphatic heterocycles. The zero-order valence-corrected chi connectivity index (χ0v) is 10.8. The quantitative estimate of drug-likeness (QED) is 0.844. The first kappa shape index (κ1) is 12.5. The molecule has 1 unspecified atom stereocenters. The molecule has 18 heavy (non-hydrogen) atoms. The van der Waals surface area contributed by atoms with E-state index in [9.17, 15) is 8.42 Å². The van der Waals surface area contributed by atoms with E-state index in [0.29, 0.717) is 17.1 Å². The summed E-state index contributed by atoms with van der Waals surface area (Å²) in [6.07, 6.45) is 1.55. The Morgan fingerprint density at radius 2 is 2.17 bits per heavy atom. The highest BCUT2D eigenvalue weighted by Crippen LogP contribution is 2.20. The third-order valence-corrected chi connectivity index (χ3v) is 4.21. The van der Waals surface area contributed by atoms with Gasteiger partial charge in [-0.15, -0.1) is 5.10 Å². The highest BCUT2D eigenvalue weighted by Gasteiger charge is 2.23. The molecule has 94 valence electrons. The first-order valence-electron chi connectivity index (χ1n) is 5.34. The number of nitriles is 1. The maximum Gasteiger partial charge on any atom is 0.173 e. The van der Waals surface area contributed by atoms with Crippen LogP contribution in [-0.4, -0.2) is 30.4 Å². The maximum absolute atomic E-state index is 11.3. The highest BCUT2D eigenvalue weighted by molar-refractivity contribution is 7.94. The smallest absolute Gasteiger partial charge is 0.173 e. The summed E-state index contributed by atoms with van der Waals surface area (Å²) in [5.74, 6) is 0.305. The standard InChI is InChI=1S/C11H12N4O2S/c1-7-8(2)14-15-11(10(7)5-12)13-9-3-4-18(16,17)6-9/h3-4,9H,6H2,1-2H3,(H,13,15). The van der Waals surface area contributed by atoms with E-state index in [1.54, 1.807) is 19.9 Å². The summed E-state index contributed by atoms with van der Waals surface area (Å²) < 4.78 is 22.6. The molecule has 0 spiro atoms. The van der Waals surface area contributed by atoms with Gasteiger partial charge in [-0.1, -0.05) is 0 Å². The molecule has 1 aromatic rings. The number of hydrogen-bond acceptors (Lipinski definition) is 6. The van der Waals surface area contributed by atoms with E-state index in [-0.39, 0.29) is 11.8 Å². The number of nitrogens with zero attached hydrogens (tertiary/aromatic N) is 3. The van der Waals surface area contributed by atoms with Gasteiger partial charge < -0.3 is 5.32 Å². The molecule has 0 radical (unpaired) electrons. The van der Waals surface area contributed by atoms with Gasteiger partial charge in [0.25, 0.3) is 0 Å². The summed E-state index contributed by atoms with van der Waals surface area (Å²) in [5.41, 5.74) is 1.84. The average molecular weight is 264 g/mol. The van der Waals surface area contributed by atoms with Gasteiger partial charge in [-0.3, -0.25) is 0 Å². The van der Waals surface area contributed by atoms with Gasteiger partial charge in [0.05, 0.1) is 17.5 Å². The fraction of sp³-hybridized carbons (Fsp3) is 0.364. The van der Waals surface area contributed by atoms with E-state index in [1.165, 1.54) is 5.41 Å². The Hall–Kier alpha value is -1.94. The van der Waals surface area contributed by atoms with Crippen LogP contribution in [0.5, 0.6) is 0 Å². The minimum absolute atomic E-state index is 0.0214.